The zero-order valence-electron chi connectivity index (χ0n) is 8.57. The highest BCUT2D eigenvalue weighted by atomic mass is 16.6. The summed E-state index contributed by atoms with van der Waals surface area (Å²) in [7, 11) is 0. The van der Waals surface area contributed by atoms with E-state index in [2.05, 4.69) is 4.98 Å². The highest BCUT2D eigenvalue weighted by Crippen LogP contribution is 2.24. The van der Waals surface area contributed by atoms with Crippen molar-refractivity contribution in [1.82, 2.24) is 9.55 Å². The molecular weight excluding hydrogens is 222 g/mol. The molecule has 0 saturated heterocycles. The van der Waals surface area contributed by atoms with E-state index >= 15 is 0 Å². The molecule has 1 heterocycles. The summed E-state index contributed by atoms with van der Waals surface area (Å²) in [6.45, 7) is 0. The first-order valence-electron chi connectivity index (χ1n) is 4.61. The van der Waals surface area contributed by atoms with Crippen LogP contribution in [0.2, 0.25) is 0 Å². The predicted octanol–water partition coefficient (Wildman–Crippen LogP) is 1.23. The molecule has 0 aliphatic carbocycles. The van der Waals surface area contributed by atoms with Crippen LogP contribution in [-0.2, 0) is 0 Å². The van der Waals surface area contributed by atoms with Crippen LogP contribution < -0.4 is 5.73 Å². The average molecular weight is 229 g/mol. The molecule has 0 atom stereocenters. The van der Waals surface area contributed by atoms with Crippen molar-refractivity contribution in [2.45, 2.75) is 0 Å². The first-order chi connectivity index (χ1) is 8.13. The van der Waals surface area contributed by atoms with E-state index in [-0.39, 0.29) is 17.2 Å². The van der Waals surface area contributed by atoms with E-state index < -0.39 is 4.92 Å². The smallest absolute Gasteiger partial charge is 0.292 e. The third kappa shape index (κ3) is 1.79. The van der Waals surface area contributed by atoms with Gasteiger partial charge in [-0.05, 0) is 12.1 Å². The summed E-state index contributed by atoms with van der Waals surface area (Å²) in [5.74, 6) is 0.193. The molecule has 0 saturated carbocycles. The zero-order valence-corrected chi connectivity index (χ0v) is 8.57. The minimum atomic E-state index is -0.557. The fourth-order valence-electron chi connectivity index (χ4n) is 1.45. The van der Waals surface area contributed by atoms with Crippen LogP contribution >= 0.6 is 0 Å². The van der Waals surface area contributed by atoms with Crippen molar-refractivity contribution in [3.8, 4) is 11.8 Å². The van der Waals surface area contributed by atoms with Gasteiger partial charge in [0.05, 0.1) is 10.6 Å². The van der Waals surface area contributed by atoms with Gasteiger partial charge in [0, 0.05) is 18.5 Å². The summed E-state index contributed by atoms with van der Waals surface area (Å²) in [5.41, 5.74) is 6.01. The standard InChI is InChI=1S/C10H7N5O2/c11-6-10-13-3-4-14(10)7-1-2-9(15(16)17)8(12)5-7/h1-5H,12H2. The molecule has 0 bridgehead atoms. The van der Waals surface area contributed by atoms with Gasteiger partial charge >= 0.3 is 0 Å². The predicted molar refractivity (Wildman–Crippen MR) is 59.3 cm³/mol. The fraction of sp³-hybridized carbons (Fsp3) is 0. The number of rotatable bonds is 2. The summed E-state index contributed by atoms with van der Waals surface area (Å²) in [4.78, 5) is 13.9. The van der Waals surface area contributed by atoms with Crippen LogP contribution in [0.15, 0.2) is 30.6 Å². The normalized spacial score (nSPS) is 9.82. The van der Waals surface area contributed by atoms with Gasteiger partial charge in [0.2, 0.25) is 5.82 Å². The lowest BCUT2D eigenvalue weighted by Crippen LogP contribution is -2.00. The molecule has 2 N–H and O–H groups in total. The molecule has 0 spiro atoms. The summed E-state index contributed by atoms with van der Waals surface area (Å²) in [6.07, 6.45) is 3.05. The molecule has 0 aliphatic rings. The van der Waals surface area contributed by atoms with Crippen LogP contribution in [0.25, 0.3) is 5.69 Å². The molecule has 84 valence electrons. The molecule has 0 amide bonds. The van der Waals surface area contributed by atoms with Crippen molar-refractivity contribution < 1.29 is 4.92 Å². The molecule has 0 unspecified atom stereocenters. The number of nitro benzene ring substituents is 1. The molecule has 0 aliphatic heterocycles. The van der Waals surface area contributed by atoms with E-state index in [0.29, 0.717) is 5.69 Å². The number of nitrogen functional groups attached to an aromatic ring is 1. The summed E-state index contributed by atoms with van der Waals surface area (Å²) < 4.78 is 1.50. The second kappa shape index (κ2) is 3.94. The Balaban J connectivity index is 2.53. The minimum absolute atomic E-state index is 0.0464. The van der Waals surface area contributed by atoms with Crippen molar-refractivity contribution in [3.63, 3.8) is 0 Å². The Hall–Kier alpha value is -2.88. The average Bonchev–Trinajstić information content (AvgIpc) is 2.76. The molecule has 1 aromatic carbocycles. The number of anilines is 1. The summed E-state index contributed by atoms with van der Waals surface area (Å²) in [5, 5.41) is 19.4. The van der Waals surface area contributed by atoms with Gasteiger partial charge in [-0.25, -0.2) is 4.98 Å². The van der Waals surface area contributed by atoms with Crippen LogP contribution in [0, 0.1) is 21.4 Å². The highest BCUT2D eigenvalue weighted by molar-refractivity contribution is 5.62. The van der Waals surface area contributed by atoms with Crippen LogP contribution in [0.5, 0.6) is 0 Å². The lowest BCUT2D eigenvalue weighted by molar-refractivity contribution is -0.383. The topological polar surface area (TPSA) is 111 Å². The zero-order chi connectivity index (χ0) is 12.4. The van der Waals surface area contributed by atoms with Crippen molar-refractivity contribution in [2.75, 3.05) is 5.73 Å². The van der Waals surface area contributed by atoms with Crippen molar-refractivity contribution in [2.24, 2.45) is 0 Å². The number of hydrogen-bond acceptors (Lipinski definition) is 5. The lowest BCUT2D eigenvalue weighted by atomic mass is 10.2. The number of benzene rings is 1. The number of imidazole rings is 1. The van der Waals surface area contributed by atoms with Gasteiger partial charge in [-0.15, -0.1) is 0 Å². The fourth-order valence-corrected chi connectivity index (χ4v) is 1.45. The van der Waals surface area contributed by atoms with Crippen molar-refractivity contribution in [1.29, 1.82) is 5.26 Å². The van der Waals surface area contributed by atoms with E-state index in [1.54, 1.807) is 6.20 Å². The van der Waals surface area contributed by atoms with E-state index in [9.17, 15) is 10.1 Å². The second-order valence-corrected chi connectivity index (χ2v) is 3.23. The van der Waals surface area contributed by atoms with Gasteiger partial charge in [-0.2, -0.15) is 5.26 Å². The lowest BCUT2D eigenvalue weighted by Gasteiger charge is -2.04. The SMILES string of the molecule is N#Cc1nccn1-c1ccc([N+](=O)[O-])c(N)c1. The quantitative estimate of drug-likeness (QED) is 0.473. The number of aromatic nitrogens is 2. The highest BCUT2D eigenvalue weighted by Gasteiger charge is 2.12. The van der Waals surface area contributed by atoms with Gasteiger partial charge in [-0.1, -0.05) is 0 Å². The van der Waals surface area contributed by atoms with E-state index in [4.69, 9.17) is 11.0 Å². The first kappa shape index (κ1) is 10.6. The maximum absolute atomic E-state index is 10.6. The summed E-state index contributed by atoms with van der Waals surface area (Å²) in [6, 6.07) is 6.15. The number of nitriles is 1. The van der Waals surface area contributed by atoms with Gasteiger partial charge in [0.1, 0.15) is 11.8 Å². The van der Waals surface area contributed by atoms with Crippen LogP contribution in [0.1, 0.15) is 5.82 Å². The number of hydrogen-bond donors (Lipinski definition) is 1. The van der Waals surface area contributed by atoms with E-state index in [1.165, 1.54) is 29.0 Å². The van der Waals surface area contributed by atoms with Gasteiger partial charge in [0.25, 0.3) is 5.69 Å². The number of nitrogens with two attached hydrogens (primary N) is 1. The Kier molecular flexibility index (Phi) is 2.46. The monoisotopic (exact) mass is 229 g/mol. The van der Waals surface area contributed by atoms with Crippen LogP contribution in [0.3, 0.4) is 0 Å². The summed E-state index contributed by atoms with van der Waals surface area (Å²) >= 11 is 0. The Morgan fingerprint density at radius 3 is 2.88 bits per heavy atom. The largest absolute Gasteiger partial charge is 0.393 e. The van der Waals surface area contributed by atoms with Gasteiger partial charge < -0.3 is 5.73 Å². The molecule has 1 aromatic heterocycles. The molecule has 2 rings (SSSR count). The number of nitrogens with zero attached hydrogens (tertiary/aromatic N) is 4. The first-order valence-corrected chi connectivity index (χ1v) is 4.61. The molecule has 7 heteroatoms. The van der Waals surface area contributed by atoms with Crippen molar-refractivity contribution in [3.05, 3.63) is 46.5 Å². The van der Waals surface area contributed by atoms with Gasteiger partial charge in [-0.3, -0.25) is 14.7 Å². The Morgan fingerprint density at radius 1 is 1.53 bits per heavy atom. The van der Waals surface area contributed by atoms with Gasteiger partial charge in [0.15, 0.2) is 0 Å². The molecular formula is C10H7N5O2. The van der Waals surface area contributed by atoms with Crippen LogP contribution in [0.4, 0.5) is 11.4 Å². The maximum atomic E-state index is 10.6. The molecule has 17 heavy (non-hydrogen) atoms. The molecule has 0 fully saturated rings. The van der Waals surface area contributed by atoms with Crippen LogP contribution in [-0.4, -0.2) is 14.5 Å². The van der Waals surface area contributed by atoms with E-state index in [0.717, 1.165) is 0 Å². The number of nitro groups is 1. The Bertz CT molecular complexity index is 626. The third-order valence-corrected chi connectivity index (χ3v) is 2.23. The second-order valence-electron chi connectivity index (χ2n) is 3.23. The Morgan fingerprint density at radius 2 is 2.29 bits per heavy atom. The minimum Gasteiger partial charge on any atom is -0.393 e. The van der Waals surface area contributed by atoms with Crippen molar-refractivity contribution >= 4 is 11.4 Å². The maximum Gasteiger partial charge on any atom is 0.292 e. The molecule has 0 radical (unpaired) electrons. The third-order valence-electron chi connectivity index (χ3n) is 2.23. The molecule has 7 nitrogen and oxygen atoms in total. The molecule has 2 aromatic rings. The Labute approximate surface area is 95.9 Å². The van der Waals surface area contributed by atoms with E-state index in [1.807, 2.05) is 6.07 Å².